The summed E-state index contributed by atoms with van der Waals surface area (Å²) in [5, 5.41) is 24.3. The van der Waals surface area contributed by atoms with Crippen LogP contribution in [0.25, 0.3) is 10.9 Å². The lowest BCUT2D eigenvalue weighted by atomic mass is 9.96. The summed E-state index contributed by atoms with van der Waals surface area (Å²) in [6.07, 6.45) is 2.77. The van der Waals surface area contributed by atoms with Crippen LogP contribution < -0.4 is 49.5 Å². The summed E-state index contributed by atoms with van der Waals surface area (Å²) >= 11 is 0. The highest BCUT2D eigenvalue weighted by Gasteiger charge is 2.40. The molecule has 6 amide bonds. The van der Waals surface area contributed by atoms with Crippen molar-refractivity contribution < 1.29 is 43.4 Å². The number of fused-ring (bicyclic) bond motifs is 1. The van der Waals surface area contributed by atoms with Crippen molar-refractivity contribution >= 4 is 64.4 Å². The molecule has 1 aliphatic rings. The predicted octanol–water partition coefficient (Wildman–Crippen LogP) is 0.818. The molecule has 372 valence electrons. The van der Waals surface area contributed by atoms with Gasteiger partial charge in [-0.25, -0.2) is 9.59 Å². The number of rotatable bonds is 25. The number of guanidine groups is 2. The fourth-order valence-electron chi connectivity index (χ4n) is 7.67. The molecule has 0 saturated carbocycles. The molecule has 1 aromatic heterocycles. The zero-order valence-corrected chi connectivity index (χ0v) is 39.9. The normalized spacial score (nSPS) is 16.4. The number of hydrogen-bond donors (Lipinski definition) is 11. The van der Waals surface area contributed by atoms with Crippen LogP contribution in [0, 0.1) is 11.8 Å². The first-order valence-corrected chi connectivity index (χ1v) is 22.9. The molecule has 2 aromatic rings. The number of hydrogen-bond acceptors (Lipinski definition) is 10. The van der Waals surface area contributed by atoms with Gasteiger partial charge in [0.1, 0.15) is 41.9 Å². The second-order valence-electron chi connectivity index (χ2n) is 18.4. The Bertz CT molecular complexity index is 2070. The molecule has 7 atom stereocenters. The second kappa shape index (κ2) is 25.9. The average molecular weight is 940 g/mol. The molecule has 1 fully saturated rings. The second-order valence-corrected chi connectivity index (χ2v) is 18.4. The molecule has 3 rings (SSSR count). The maximum absolute atomic E-state index is 14.6. The molecule has 1 saturated heterocycles. The topological polar surface area (TPSA) is 357 Å². The van der Waals surface area contributed by atoms with Gasteiger partial charge in [0.25, 0.3) is 0 Å². The van der Waals surface area contributed by atoms with Gasteiger partial charge in [0.15, 0.2) is 11.9 Å². The van der Waals surface area contributed by atoms with Crippen molar-refractivity contribution in [1.29, 1.82) is 0 Å². The Labute approximate surface area is 392 Å². The predicted molar refractivity (Wildman–Crippen MR) is 254 cm³/mol. The molecular weight excluding hydrogens is 867 g/mol. The first kappa shape index (κ1) is 54.7. The number of carboxylic acids is 1. The monoisotopic (exact) mass is 940 g/mol. The number of para-hydroxylation sites is 1. The molecule has 22 nitrogen and oxygen atoms in total. The summed E-state index contributed by atoms with van der Waals surface area (Å²) in [4.78, 5) is 109. The van der Waals surface area contributed by atoms with Gasteiger partial charge >= 0.3 is 12.1 Å². The Hall–Kier alpha value is -6.61. The quantitative estimate of drug-likeness (QED) is 0.0374. The van der Waals surface area contributed by atoms with E-state index in [1.165, 1.54) is 4.90 Å². The van der Waals surface area contributed by atoms with Crippen molar-refractivity contribution in [2.75, 3.05) is 19.6 Å². The fourth-order valence-corrected chi connectivity index (χ4v) is 7.67. The molecule has 0 spiro atoms. The lowest BCUT2D eigenvalue weighted by Crippen LogP contribution is -2.60. The largest absolute Gasteiger partial charge is 0.480 e. The van der Waals surface area contributed by atoms with Crippen LogP contribution in [0.4, 0.5) is 4.79 Å². The van der Waals surface area contributed by atoms with E-state index in [1.54, 1.807) is 33.9 Å². The van der Waals surface area contributed by atoms with Gasteiger partial charge in [-0.1, -0.05) is 52.3 Å². The van der Waals surface area contributed by atoms with Gasteiger partial charge in [0.05, 0.1) is 0 Å². The van der Waals surface area contributed by atoms with E-state index in [-0.39, 0.29) is 82.4 Å². The molecular formula is C45H73N13O9. The first-order valence-electron chi connectivity index (χ1n) is 22.9. The van der Waals surface area contributed by atoms with Crippen LogP contribution in [-0.2, 0) is 39.9 Å². The van der Waals surface area contributed by atoms with E-state index >= 15 is 0 Å². The Balaban J connectivity index is 1.95. The highest BCUT2D eigenvalue weighted by Crippen LogP contribution is 2.23. The third kappa shape index (κ3) is 18.0. The lowest BCUT2D eigenvalue weighted by Gasteiger charge is -2.31. The number of benzene rings is 1. The highest BCUT2D eigenvalue weighted by atomic mass is 16.6. The standard InChI is InChI=1S/C45H73N13O9/c1-8-26(4)35(39(62)55-33(41(64)65)22-25(2)3)57-37(60)32(23-27-24-52-29-15-10-9-14-28(27)29)54-38(61)34-18-13-21-58(34)40(63)31(17-12-20-51-43(48)49)53-36(59)30(16-11-19-50-42(46)47)56-44(66)67-45(5,6)7/h9-10,14-15,24-26,30-35,52H,8,11-13,16-23H2,1-7H3,(H,53,59)(H,54,61)(H,55,62)(H,56,66)(H,57,60)(H,64,65)(H4,46,47,50)(H4,48,49,51)/t26-,30-,31-,32+,33-,34-,35-/m0/s1. The minimum absolute atomic E-state index is 0.0130. The molecule has 22 heteroatoms. The maximum Gasteiger partial charge on any atom is 0.408 e. The van der Waals surface area contributed by atoms with E-state index in [4.69, 9.17) is 27.7 Å². The minimum atomic E-state index is -1.26. The molecule has 1 aliphatic heterocycles. The summed E-state index contributed by atoms with van der Waals surface area (Å²) in [7, 11) is 0. The summed E-state index contributed by atoms with van der Waals surface area (Å²) in [5.41, 5.74) is 22.6. The smallest absolute Gasteiger partial charge is 0.408 e. The van der Waals surface area contributed by atoms with E-state index in [0.29, 0.717) is 18.4 Å². The third-order valence-corrected chi connectivity index (χ3v) is 11.2. The van der Waals surface area contributed by atoms with Crippen LogP contribution in [0.15, 0.2) is 40.4 Å². The molecule has 1 aromatic carbocycles. The number of carbonyl (C=O) groups excluding carboxylic acids is 6. The summed E-state index contributed by atoms with van der Waals surface area (Å²) in [6, 6.07) is 0.363. The number of nitrogens with zero attached hydrogens (tertiary/aromatic N) is 3. The molecule has 67 heavy (non-hydrogen) atoms. The third-order valence-electron chi connectivity index (χ3n) is 11.2. The molecule has 0 unspecified atom stereocenters. The van der Waals surface area contributed by atoms with Crippen molar-refractivity contribution in [3.63, 3.8) is 0 Å². The number of carbonyl (C=O) groups is 7. The number of alkyl carbamates (subject to hydrolysis) is 1. The Morgan fingerprint density at radius 1 is 0.821 bits per heavy atom. The van der Waals surface area contributed by atoms with Crippen LogP contribution in [0.3, 0.4) is 0 Å². The number of likely N-dealkylation sites (tertiary alicyclic amines) is 1. The van der Waals surface area contributed by atoms with Crippen molar-refractivity contribution in [3.05, 3.63) is 36.0 Å². The maximum atomic E-state index is 14.6. The van der Waals surface area contributed by atoms with Crippen molar-refractivity contribution in [3.8, 4) is 0 Å². The Kier molecular flexibility index (Phi) is 21.2. The number of aromatic nitrogens is 1. The van der Waals surface area contributed by atoms with Crippen LogP contribution >= 0.6 is 0 Å². The van der Waals surface area contributed by atoms with Crippen LogP contribution in [0.1, 0.15) is 105 Å². The highest BCUT2D eigenvalue weighted by molar-refractivity contribution is 5.97. The molecule has 15 N–H and O–H groups in total. The van der Waals surface area contributed by atoms with Crippen molar-refractivity contribution in [2.24, 2.45) is 44.8 Å². The number of nitrogens with one attached hydrogen (secondary N) is 6. The number of aromatic amines is 1. The minimum Gasteiger partial charge on any atom is -0.480 e. The number of carboxylic acid groups (broad SMARTS) is 1. The van der Waals surface area contributed by atoms with Crippen LogP contribution in [0.5, 0.6) is 0 Å². The molecule has 2 heterocycles. The van der Waals surface area contributed by atoms with E-state index in [1.807, 2.05) is 45.0 Å². The zero-order chi connectivity index (χ0) is 50.0. The summed E-state index contributed by atoms with van der Waals surface area (Å²) in [6.45, 7) is 12.7. The zero-order valence-electron chi connectivity index (χ0n) is 39.9. The number of nitrogens with two attached hydrogens (primary N) is 4. The summed E-state index contributed by atoms with van der Waals surface area (Å²) < 4.78 is 5.40. The molecule has 0 bridgehead atoms. The number of amides is 6. The van der Waals surface area contributed by atoms with Crippen molar-refractivity contribution in [1.82, 2.24) is 36.5 Å². The molecule has 0 aliphatic carbocycles. The van der Waals surface area contributed by atoms with E-state index in [0.717, 1.165) is 10.9 Å². The average Bonchev–Trinajstić information content (AvgIpc) is 3.90. The van der Waals surface area contributed by atoms with Crippen LogP contribution in [0.2, 0.25) is 0 Å². The van der Waals surface area contributed by atoms with Crippen molar-refractivity contribution in [2.45, 2.75) is 148 Å². The molecule has 0 radical (unpaired) electrons. The van der Waals surface area contributed by atoms with Gasteiger partial charge < -0.3 is 69.2 Å². The Morgan fingerprint density at radius 3 is 2.00 bits per heavy atom. The number of aliphatic imine (C=N–C) groups is 2. The number of H-pyrrole nitrogens is 1. The Morgan fingerprint density at radius 2 is 1.42 bits per heavy atom. The van der Waals surface area contributed by atoms with Gasteiger partial charge in [-0.3, -0.25) is 34.0 Å². The van der Waals surface area contributed by atoms with Crippen LogP contribution in [-0.4, -0.2) is 130 Å². The number of ether oxygens (including phenoxy) is 1. The van der Waals surface area contributed by atoms with Gasteiger partial charge in [0, 0.05) is 43.2 Å². The van der Waals surface area contributed by atoms with E-state index in [2.05, 4.69) is 41.6 Å². The first-order chi connectivity index (χ1) is 31.5. The number of aliphatic carboxylic acids is 1. The lowest BCUT2D eigenvalue weighted by molar-refractivity contribution is -0.143. The van der Waals surface area contributed by atoms with Gasteiger partial charge in [0.2, 0.25) is 29.5 Å². The van der Waals surface area contributed by atoms with Gasteiger partial charge in [-0.05, 0) is 89.2 Å². The SMILES string of the molecule is CC[C@H](C)[C@H](NC(=O)[C@@H](Cc1c[nH]c2ccccc12)NC(=O)[C@@H]1CCCN1C(=O)[C@H](CCCN=C(N)N)NC(=O)[C@H](CCCN=C(N)N)NC(=O)OC(C)(C)C)C(=O)N[C@@H](CC(C)C)C(=O)O. The van der Waals surface area contributed by atoms with E-state index in [9.17, 15) is 38.7 Å². The summed E-state index contributed by atoms with van der Waals surface area (Å²) in [5.74, 6) is -5.30. The van der Waals surface area contributed by atoms with Gasteiger partial charge in [-0.2, -0.15) is 0 Å². The van der Waals surface area contributed by atoms with E-state index < -0.39 is 89.4 Å². The van der Waals surface area contributed by atoms with Gasteiger partial charge in [-0.15, -0.1) is 0 Å². The fraction of sp³-hybridized carbons (Fsp3) is 0.622.